The van der Waals surface area contributed by atoms with Gasteiger partial charge in [0.05, 0.1) is 0 Å². The molecular formula is C13H17NO. The summed E-state index contributed by atoms with van der Waals surface area (Å²) >= 11 is 0. The Labute approximate surface area is 90.7 Å². The third-order valence-corrected chi connectivity index (χ3v) is 3.08. The summed E-state index contributed by atoms with van der Waals surface area (Å²) in [6, 6.07) is 4.29. The minimum absolute atomic E-state index is 0.0472. The number of nitrogens with one attached hydrogen (secondary N) is 1. The fourth-order valence-corrected chi connectivity index (χ4v) is 2.35. The zero-order valence-corrected chi connectivity index (χ0v) is 9.77. The van der Waals surface area contributed by atoms with Crippen molar-refractivity contribution in [1.82, 2.24) is 0 Å². The molecule has 0 unspecified atom stereocenters. The first-order valence-electron chi connectivity index (χ1n) is 5.32. The van der Waals surface area contributed by atoms with Gasteiger partial charge in [-0.05, 0) is 25.0 Å². The van der Waals surface area contributed by atoms with E-state index in [4.69, 9.17) is 0 Å². The Hall–Kier alpha value is -1.31. The fraction of sp³-hybridized carbons (Fsp3) is 0.462. The van der Waals surface area contributed by atoms with Gasteiger partial charge < -0.3 is 5.32 Å². The third-order valence-electron chi connectivity index (χ3n) is 3.08. The number of carbonyl (C=O) groups excluding carboxylic acids is 1. The zero-order chi connectivity index (χ0) is 11.2. The average Bonchev–Trinajstić information content (AvgIpc) is 2.06. The first-order valence-corrected chi connectivity index (χ1v) is 5.32. The predicted molar refractivity (Wildman–Crippen MR) is 62.2 cm³/mol. The fourth-order valence-electron chi connectivity index (χ4n) is 2.35. The van der Waals surface area contributed by atoms with Crippen molar-refractivity contribution in [3.63, 3.8) is 0 Å². The van der Waals surface area contributed by atoms with Crippen molar-refractivity contribution in [1.29, 1.82) is 0 Å². The van der Waals surface area contributed by atoms with Gasteiger partial charge in [-0.1, -0.05) is 31.5 Å². The van der Waals surface area contributed by atoms with Gasteiger partial charge in [0.1, 0.15) is 0 Å². The predicted octanol–water partition coefficient (Wildman–Crippen LogP) is 2.92. The Balaban J connectivity index is 2.67. The summed E-state index contributed by atoms with van der Waals surface area (Å²) in [5, 5.41) is 2.97. The van der Waals surface area contributed by atoms with Gasteiger partial charge in [0.2, 0.25) is 5.91 Å². The van der Waals surface area contributed by atoms with E-state index >= 15 is 0 Å². The quantitative estimate of drug-likeness (QED) is 0.690. The number of rotatable bonds is 0. The molecule has 1 aliphatic heterocycles. The molecule has 1 amide bonds. The van der Waals surface area contributed by atoms with Gasteiger partial charge in [0.25, 0.3) is 0 Å². The Kier molecular flexibility index (Phi) is 2.10. The van der Waals surface area contributed by atoms with Gasteiger partial charge in [0, 0.05) is 17.5 Å². The maximum Gasteiger partial charge on any atom is 0.225 e. The van der Waals surface area contributed by atoms with E-state index in [9.17, 15) is 4.79 Å². The van der Waals surface area contributed by atoms with Crippen LogP contribution in [-0.2, 0) is 10.2 Å². The van der Waals surface area contributed by atoms with E-state index in [1.807, 2.05) is 6.92 Å². The van der Waals surface area contributed by atoms with E-state index in [2.05, 4.69) is 38.2 Å². The lowest BCUT2D eigenvalue weighted by Crippen LogP contribution is -2.33. The minimum Gasteiger partial charge on any atom is -0.326 e. The second kappa shape index (κ2) is 3.09. The molecule has 0 saturated carbocycles. The number of anilines is 1. The van der Waals surface area contributed by atoms with Crippen LogP contribution in [0.5, 0.6) is 0 Å². The van der Waals surface area contributed by atoms with Crippen LogP contribution < -0.4 is 5.32 Å². The van der Waals surface area contributed by atoms with Crippen molar-refractivity contribution >= 4 is 11.6 Å². The van der Waals surface area contributed by atoms with E-state index < -0.39 is 0 Å². The topological polar surface area (TPSA) is 29.1 Å². The summed E-state index contributed by atoms with van der Waals surface area (Å²) < 4.78 is 0. The van der Waals surface area contributed by atoms with Crippen LogP contribution in [0.3, 0.4) is 0 Å². The monoisotopic (exact) mass is 203 g/mol. The molecule has 1 aromatic carbocycles. The van der Waals surface area contributed by atoms with Gasteiger partial charge in [-0.2, -0.15) is 0 Å². The van der Waals surface area contributed by atoms with Crippen molar-refractivity contribution < 1.29 is 4.79 Å². The highest BCUT2D eigenvalue weighted by molar-refractivity contribution is 5.96. The summed E-state index contributed by atoms with van der Waals surface area (Å²) in [7, 11) is 0. The molecule has 0 saturated heterocycles. The highest BCUT2D eigenvalue weighted by atomic mass is 16.1. The molecular weight excluding hydrogens is 186 g/mol. The number of benzene rings is 1. The zero-order valence-electron chi connectivity index (χ0n) is 9.77. The maximum absolute atomic E-state index is 11.6. The second-order valence-electron chi connectivity index (χ2n) is 5.11. The summed E-state index contributed by atoms with van der Waals surface area (Å²) in [5.74, 6) is 0.124. The molecule has 0 aromatic heterocycles. The largest absolute Gasteiger partial charge is 0.326 e. The lowest BCUT2D eigenvalue weighted by Gasteiger charge is -2.33. The molecule has 1 N–H and O–H groups in total. The smallest absolute Gasteiger partial charge is 0.225 e. The van der Waals surface area contributed by atoms with Gasteiger partial charge >= 0.3 is 0 Å². The molecule has 80 valence electrons. The highest BCUT2D eigenvalue weighted by Gasteiger charge is 2.32. The van der Waals surface area contributed by atoms with E-state index in [-0.39, 0.29) is 11.3 Å². The number of carbonyl (C=O) groups is 1. The Morgan fingerprint density at radius 2 is 1.93 bits per heavy atom. The molecule has 0 fully saturated rings. The molecule has 0 bridgehead atoms. The summed E-state index contributed by atoms with van der Waals surface area (Å²) in [6.07, 6.45) is 0.572. The van der Waals surface area contributed by atoms with Crippen LogP contribution in [0.1, 0.15) is 37.0 Å². The number of amides is 1. The normalized spacial score (nSPS) is 18.3. The van der Waals surface area contributed by atoms with Crippen LogP contribution in [-0.4, -0.2) is 5.91 Å². The van der Waals surface area contributed by atoms with Gasteiger partial charge in [-0.3, -0.25) is 4.79 Å². The van der Waals surface area contributed by atoms with E-state index in [1.54, 1.807) is 0 Å². The van der Waals surface area contributed by atoms with Crippen LogP contribution in [0.25, 0.3) is 0 Å². The molecule has 2 rings (SSSR count). The van der Waals surface area contributed by atoms with Gasteiger partial charge in [-0.15, -0.1) is 0 Å². The van der Waals surface area contributed by atoms with Crippen LogP contribution in [0.2, 0.25) is 0 Å². The second-order valence-corrected chi connectivity index (χ2v) is 5.11. The molecule has 0 atom stereocenters. The summed E-state index contributed by atoms with van der Waals surface area (Å²) in [6.45, 7) is 8.40. The maximum atomic E-state index is 11.6. The van der Waals surface area contributed by atoms with Gasteiger partial charge in [0.15, 0.2) is 0 Å². The van der Waals surface area contributed by atoms with Crippen LogP contribution in [0, 0.1) is 13.8 Å². The van der Waals surface area contributed by atoms with Gasteiger partial charge in [-0.25, -0.2) is 0 Å². The van der Waals surface area contributed by atoms with Crippen LogP contribution in [0.4, 0.5) is 5.69 Å². The number of hydrogen-bond acceptors (Lipinski definition) is 1. The summed E-state index contributed by atoms with van der Waals surface area (Å²) in [5.41, 5.74) is 4.65. The van der Waals surface area contributed by atoms with Crippen molar-refractivity contribution in [3.8, 4) is 0 Å². The number of hydrogen-bond donors (Lipinski definition) is 1. The molecule has 2 heteroatoms. The Bertz CT molecular complexity index is 432. The number of fused-ring (bicyclic) bond motifs is 1. The molecule has 2 nitrogen and oxygen atoms in total. The third kappa shape index (κ3) is 1.65. The SMILES string of the molecule is Cc1cc(C)c2c(c1)C(C)(C)CC(=O)N2. The number of aryl methyl sites for hydroxylation is 2. The molecule has 1 aromatic rings. The Morgan fingerprint density at radius 3 is 2.60 bits per heavy atom. The lowest BCUT2D eigenvalue weighted by atomic mass is 9.76. The molecule has 0 spiro atoms. The average molecular weight is 203 g/mol. The lowest BCUT2D eigenvalue weighted by molar-refractivity contribution is -0.117. The molecule has 1 heterocycles. The molecule has 0 radical (unpaired) electrons. The van der Waals surface area contributed by atoms with Crippen LogP contribution >= 0.6 is 0 Å². The van der Waals surface area contributed by atoms with Crippen molar-refractivity contribution in [2.45, 2.75) is 39.5 Å². The summed E-state index contributed by atoms with van der Waals surface area (Å²) in [4.78, 5) is 11.6. The standard InChI is InChI=1S/C13H17NO/c1-8-5-9(2)12-10(6-8)13(3,4)7-11(15)14-12/h5-6H,7H2,1-4H3,(H,14,15). The molecule has 0 aliphatic carbocycles. The highest BCUT2D eigenvalue weighted by Crippen LogP contribution is 2.39. The first kappa shape index (κ1) is 10.2. The molecule has 15 heavy (non-hydrogen) atoms. The minimum atomic E-state index is -0.0472. The molecule has 1 aliphatic rings. The van der Waals surface area contributed by atoms with Crippen molar-refractivity contribution in [2.75, 3.05) is 5.32 Å². The van der Waals surface area contributed by atoms with Crippen molar-refractivity contribution in [2.24, 2.45) is 0 Å². The van der Waals surface area contributed by atoms with Crippen LogP contribution in [0.15, 0.2) is 12.1 Å². The first-order chi connectivity index (χ1) is 6.90. The van der Waals surface area contributed by atoms with E-state index in [0.717, 1.165) is 11.3 Å². The van der Waals surface area contributed by atoms with E-state index in [0.29, 0.717) is 6.42 Å². The van der Waals surface area contributed by atoms with E-state index in [1.165, 1.54) is 11.1 Å². The Morgan fingerprint density at radius 1 is 1.27 bits per heavy atom. The van der Waals surface area contributed by atoms with Crippen molar-refractivity contribution in [3.05, 3.63) is 28.8 Å².